The van der Waals surface area contributed by atoms with Crippen LogP contribution in [0.5, 0.6) is 0 Å². The van der Waals surface area contributed by atoms with Crippen molar-refractivity contribution in [3.05, 3.63) is 62.1 Å². The molecule has 1 aliphatic rings. The predicted molar refractivity (Wildman–Crippen MR) is 81.8 cm³/mol. The first-order valence-corrected chi connectivity index (χ1v) is 6.97. The average Bonchev–Trinajstić information content (AvgIpc) is 2.46. The molecule has 3 rings (SSSR count). The van der Waals surface area contributed by atoms with Crippen LogP contribution in [0.25, 0.3) is 0 Å². The van der Waals surface area contributed by atoms with Crippen LogP contribution in [-0.4, -0.2) is 17.8 Å². The van der Waals surface area contributed by atoms with Crippen LogP contribution in [0.4, 0.5) is 25.8 Å². The van der Waals surface area contributed by atoms with E-state index in [-0.39, 0.29) is 12.4 Å². The molecule has 0 bridgehead atoms. The molecule has 1 aliphatic heterocycles. The van der Waals surface area contributed by atoms with Gasteiger partial charge < -0.3 is 4.90 Å². The molecule has 5 nitrogen and oxygen atoms in total. The smallest absolute Gasteiger partial charge is 0.305 e. The second-order valence-corrected chi connectivity index (χ2v) is 5.51. The highest BCUT2D eigenvalue weighted by atomic mass is 79.9. The summed E-state index contributed by atoms with van der Waals surface area (Å²) in [6.45, 7) is 0.100. The first-order valence-electron chi connectivity index (χ1n) is 6.17. The van der Waals surface area contributed by atoms with Crippen molar-refractivity contribution < 1.29 is 13.7 Å². The van der Waals surface area contributed by atoms with Gasteiger partial charge in [0.25, 0.3) is 0 Å². The molecule has 0 aliphatic carbocycles. The molecule has 22 heavy (non-hydrogen) atoms. The van der Waals surface area contributed by atoms with E-state index in [1.54, 1.807) is 6.07 Å². The van der Waals surface area contributed by atoms with E-state index in [1.807, 2.05) is 0 Å². The van der Waals surface area contributed by atoms with Crippen LogP contribution < -0.4 is 4.90 Å². The van der Waals surface area contributed by atoms with E-state index in [4.69, 9.17) is 0 Å². The Labute approximate surface area is 132 Å². The number of anilines is 2. The Morgan fingerprint density at radius 2 is 1.95 bits per heavy atom. The van der Waals surface area contributed by atoms with Gasteiger partial charge in [0, 0.05) is 28.4 Å². The lowest BCUT2D eigenvalue weighted by Gasteiger charge is -2.27. The second-order valence-electron chi connectivity index (χ2n) is 4.60. The number of nitro benzene ring substituents is 1. The number of aliphatic imine (C=N–C) groups is 1. The number of halogens is 3. The molecule has 112 valence electrons. The molecule has 0 N–H and O–H groups in total. The minimum absolute atomic E-state index is 0.100. The fourth-order valence-corrected chi connectivity index (χ4v) is 2.58. The highest BCUT2D eigenvalue weighted by Gasteiger charge is 2.24. The van der Waals surface area contributed by atoms with Gasteiger partial charge in [0.15, 0.2) is 0 Å². The van der Waals surface area contributed by atoms with Crippen LogP contribution in [0.3, 0.4) is 0 Å². The van der Waals surface area contributed by atoms with E-state index in [0.29, 0.717) is 15.7 Å². The van der Waals surface area contributed by atoms with Crippen molar-refractivity contribution >= 4 is 39.2 Å². The number of nitro groups is 1. The molecule has 0 spiro atoms. The van der Waals surface area contributed by atoms with Crippen molar-refractivity contribution in [1.29, 1.82) is 0 Å². The third-order valence-electron chi connectivity index (χ3n) is 3.24. The van der Waals surface area contributed by atoms with E-state index in [1.165, 1.54) is 23.2 Å². The molecule has 0 atom stereocenters. The highest BCUT2D eigenvalue weighted by Crippen LogP contribution is 2.36. The normalized spacial score (nSPS) is 13.1. The van der Waals surface area contributed by atoms with Crippen molar-refractivity contribution in [2.24, 2.45) is 4.99 Å². The van der Waals surface area contributed by atoms with Crippen LogP contribution in [0, 0.1) is 21.7 Å². The molecule has 2 aromatic carbocycles. The van der Waals surface area contributed by atoms with E-state index in [0.717, 1.165) is 12.1 Å². The zero-order valence-corrected chi connectivity index (χ0v) is 12.5. The summed E-state index contributed by atoms with van der Waals surface area (Å²) in [5.41, 5.74) is 0.277. The number of fused-ring (bicyclic) bond motifs is 1. The van der Waals surface area contributed by atoms with E-state index in [2.05, 4.69) is 20.9 Å². The SMILES string of the molecule is O=[N+]([O-])c1cc2c(cc1F)N(c1ccc(Br)cc1F)CN=C2. The summed E-state index contributed by atoms with van der Waals surface area (Å²) in [5, 5.41) is 10.8. The zero-order chi connectivity index (χ0) is 15.9. The minimum atomic E-state index is -0.971. The topological polar surface area (TPSA) is 58.7 Å². The first-order chi connectivity index (χ1) is 10.5. The molecule has 1 heterocycles. The summed E-state index contributed by atoms with van der Waals surface area (Å²) >= 11 is 3.17. The van der Waals surface area contributed by atoms with Gasteiger partial charge in [-0.15, -0.1) is 0 Å². The lowest BCUT2D eigenvalue weighted by atomic mass is 10.1. The van der Waals surface area contributed by atoms with Crippen molar-refractivity contribution in [2.75, 3.05) is 11.6 Å². The lowest BCUT2D eigenvalue weighted by molar-refractivity contribution is -0.387. The number of hydrogen-bond acceptors (Lipinski definition) is 4. The number of benzene rings is 2. The van der Waals surface area contributed by atoms with Crippen LogP contribution in [0.2, 0.25) is 0 Å². The maximum atomic E-state index is 14.1. The third kappa shape index (κ3) is 2.45. The van der Waals surface area contributed by atoms with E-state index in [9.17, 15) is 18.9 Å². The maximum Gasteiger partial charge on any atom is 0.305 e. The lowest BCUT2D eigenvalue weighted by Crippen LogP contribution is -2.23. The number of nitrogens with zero attached hydrogens (tertiary/aromatic N) is 3. The molecule has 0 amide bonds. The summed E-state index contributed by atoms with van der Waals surface area (Å²) in [6, 6.07) is 6.59. The zero-order valence-electron chi connectivity index (χ0n) is 11.0. The molecule has 0 radical (unpaired) electrons. The van der Waals surface area contributed by atoms with Crippen LogP contribution in [0.15, 0.2) is 39.8 Å². The Hall–Kier alpha value is -2.35. The van der Waals surface area contributed by atoms with E-state index < -0.39 is 22.2 Å². The summed E-state index contributed by atoms with van der Waals surface area (Å²) in [7, 11) is 0. The fourth-order valence-electron chi connectivity index (χ4n) is 2.25. The molecule has 0 saturated carbocycles. The van der Waals surface area contributed by atoms with Crippen molar-refractivity contribution in [3.63, 3.8) is 0 Å². The van der Waals surface area contributed by atoms with Gasteiger partial charge in [0.1, 0.15) is 12.5 Å². The highest BCUT2D eigenvalue weighted by molar-refractivity contribution is 9.10. The molecule has 8 heteroatoms. The van der Waals surface area contributed by atoms with Gasteiger partial charge in [-0.3, -0.25) is 15.1 Å². The molecule has 0 saturated heterocycles. The summed E-state index contributed by atoms with van der Waals surface area (Å²) in [5.74, 6) is -1.47. The van der Waals surface area contributed by atoms with Gasteiger partial charge >= 0.3 is 5.69 Å². The van der Waals surface area contributed by atoms with Crippen LogP contribution >= 0.6 is 15.9 Å². The van der Waals surface area contributed by atoms with Gasteiger partial charge in [0.2, 0.25) is 5.82 Å². The molecule has 2 aromatic rings. The fraction of sp³-hybridized carbons (Fsp3) is 0.0714. The van der Waals surface area contributed by atoms with Crippen molar-refractivity contribution in [3.8, 4) is 0 Å². The monoisotopic (exact) mass is 367 g/mol. The van der Waals surface area contributed by atoms with Gasteiger partial charge in [-0.05, 0) is 18.2 Å². The third-order valence-corrected chi connectivity index (χ3v) is 3.73. The van der Waals surface area contributed by atoms with Gasteiger partial charge in [-0.1, -0.05) is 15.9 Å². The molecule has 0 fully saturated rings. The summed E-state index contributed by atoms with van der Waals surface area (Å²) in [4.78, 5) is 15.5. The number of rotatable bonds is 2. The van der Waals surface area contributed by atoms with Crippen LogP contribution in [0.1, 0.15) is 5.56 Å². The quantitative estimate of drug-likeness (QED) is 0.591. The van der Waals surface area contributed by atoms with Gasteiger partial charge in [-0.2, -0.15) is 4.39 Å². The predicted octanol–water partition coefficient (Wildman–Crippen LogP) is 4.16. The largest absolute Gasteiger partial charge is 0.318 e. The minimum Gasteiger partial charge on any atom is -0.318 e. The molecular weight excluding hydrogens is 360 g/mol. The van der Waals surface area contributed by atoms with Crippen LogP contribution in [-0.2, 0) is 0 Å². The molecule has 0 aromatic heterocycles. The van der Waals surface area contributed by atoms with Crippen molar-refractivity contribution in [2.45, 2.75) is 0 Å². The van der Waals surface area contributed by atoms with Gasteiger partial charge in [0.05, 0.1) is 16.3 Å². The molecular formula is C14H8BrF2N3O2. The standard InChI is InChI=1S/C14H8BrF2N3O2/c15-9-1-2-12(10(16)4-9)19-7-18-6-8-3-14(20(21)22)11(17)5-13(8)19/h1-6H,7H2. The average molecular weight is 368 g/mol. The Morgan fingerprint density at radius 1 is 1.18 bits per heavy atom. The Bertz CT molecular complexity index is 811. The summed E-state index contributed by atoms with van der Waals surface area (Å²) in [6.07, 6.45) is 1.41. The Morgan fingerprint density at radius 3 is 2.64 bits per heavy atom. The Balaban J connectivity index is 2.14. The van der Waals surface area contributed by atoms with Gasteiger partial charge in [-0.25, -0.2) is 4.39 Å². The summed E-state index contributed by atoms with van der Waals surface area (Å²) < 4.78 is 28.6. The molecule has 0 unspecified atom stereocenters. The Kier molecular flexibility index (Phi) is 3.61. The number of hydrogen-bond donors (Lipinski definition) is 0. The van der Waals surface area contributed by atoms with E-state index >= 15 is 0 Å². The maximum absolute atomic E-state index is 14.1. The first kappa shape index (κ1) is 14.6. The van der Waals surface area contributed by atoms with Crippen molar-refractivity contribution in [1.82, 2.24) is 0 Å². The second kappa shape index (κ2) is 5.45.